The van der Waals surface area contributed by atoms with Crippen molar-refractivity contribution in [3.8, 4) is 17.1 Å². The number of alkyl halides is 3. The van der Waals surface area contributed by atoms with E-state index in [-0.39, 0.29) is 29.5 Å². The molecule has 0 saturated carbocycles. The van der Waals surface area contributed by atoms with Crippen LogP contribution in [-0.4, -0.2) is 43.4 Å². The van der Waals surface area contributed by atoms with Crippen LogP contribution in [0.1, 0.15) is 37.2 Å². The molecule has 4 rings (SSSR count). The van der Waals surface area contributed by atoms with Crippen LogP contribution in [0.3, 0.4) is 0 Å². The number of carbonyl (C=O) groups excluding carboxylic acids is 1. The minimum atomic E-state index is -4.77. The third-order valence-corrected chi connectivity index (χ3v) is 4.64. The second-order valence-electron chi connectivity index (χ2n) is 7.31. The van der Waals surface area contributed by atoms with Gasteiger partial charge in [0.25, 0.3) is 0 Å². The lowest BCUT2D eigenvalue weighted by molar-refractivity contribution is -0.274. The number of imidazole rings is 1. The van der Waals surface area contributed by atoms with Crippen LogP contribution in [0.4, 0.5) is 18.0 Å². The number of ether oxygens (including phenoxy) is 1. The Bertz CT molecular complexity index is 1060. The highest BCUT2D eigenvalue weighted by atomic mass is 19.4. The van der Waals surface area contributed by atoms with E-state index in [0.29, 0.717) is 18.5 Å². The average molecular weight is 436 g/mol. The molecule has 1 aliphatic heterocycles. The van der Waals surface area contributed by atoms with Crippen LogP contribution in [0, 0.1) is 0 Å². The third kappa shape index (κ3) is 4.62. The third-order valence-electron chi connectivity index (χ3n) is 4.64. The number of nitrogens with zero attached hydrogens (tertiary/aromatic N) is 4. The Kier molecular flexibility index (Phi) is 5.29. The lowest BCUT2D eigenvalue weighted by atomic mass is 10.0. The van der Waals surface area contributed by atoms with Crippen LogP contribution in [0.2, 0.25) is 0 Å². The van der Waals surface area contributed by atoms with E-state index < -0.39 is 12.4 Å². The standard InChI is InChI=1S/C19H19F3N6O3/c1-10(2)25-18(29)28-8-14-13(23-9-24-14)7-15(28)17-26-16(27-31-17)11-3-5-12(6-4-11)30-19(20,21)22/h3-6,9-10,15H,7-8H2,1-2H3,(H,23,24)(H,25,29)/t15-/m0/s1. The number of urea groups is 1. The van der Waals surface area contributed by atoms with E-state index in [0.717, 1.165) is 23.5 Å². The van der Waals surface area contributed by atoms with Crippen LogP contribution >= 0.6 is 0 Å². The number of hydrogen-bond acceptors (Lipinski definition) is 6. The summed E-state index contributed by atoms with van der Waals surface area (Å²) in [6, 6.07) is 4.23. The lowest BCUT2D eigenvalue weighted by Gasteiger charge is -2.33. The van der Waals surface area contributed by atoms with Gasteiger partial charge in [-0.25, -0.2) is 9.78 Å². The van der Waals surface area contributed by atoms with Crippen molar-refractivity contribution < 1.29 is 27.2 Å². The van der Waals surface area contributed by atoms with E-state index in [9.17, 15) is 18.0 Å². The lowest BCUT2D eigenvalue weighted by Crippen LogP contribution is -2.46. The predicted octanol–water partition coefficient (Wildman–Crippen LogP) is 3.58. The number of nitrogens with one attached hydrogen (secondary N) is 2. The number of aromatic amines is 1. The second kappa shape index (κ2) is 7.93. The molecular formula is C19H19F3N6O3. The van der Waals surface area contributed by atoms with Crippen molar-refractivity contribution in [2.45, 2.75) is 45.3 Å². The first-order valence-corrected chi connectivity index (χ1v) is 9.47. The quantitative estimate of drug-likeness (QED) is 0.647. The van der Waals surface area contributed by atoms with Crippen LogP contribution < -0.4 is 10.1 Å². The summed E-state index contributed by atoms with van der Waals surface area (Å²) >= 11 is 0. The molecule has 2 N–H and O–H groups in total. The molecule has 0 saturated heterocycles. The van der Waals surface area contributed by atoms with Crippen molar-refractivity contribution >= 4 is 6.03 Å². The molecule has 2 aromatic heterocycles. The van der Waals surface area contributed by atoms with Crippen molar-refractivity contribution in [1.29, 1.82) is 0 Å². The van der Waals surface area contributed by atoms with E-state index >= 15 is 0 Å². The molecule has 3 heterocycles. The zero-order valence-electron chi connectivity index (χ0n) is 16.6. The molecule has 31 heavy (non-hydrogen) atoms. The van der Waals surface area contributed by atoms with Crippen molar-refractivity contribution in [1.82, 2.24) is 30.3 Å². The van der Waals surface area contributed by atoms with Gasteiger partial charge in [0.05, 0.1) is 24.3 Å². The monoisotopic (exact) mass is 436 g/mol. The normalized spacial score (nSPS) is 16.3. The zero-order chi connectivity index (χ0) is 22.2. The largest absolute Gasteiger partial charge is 0.573 e. The van der Waals surface area contributed by atoms with Crippen LogP contribution in [-0.2, 0) is 13.0 Å². The number of H-pyrrole nitrogens is 1. The maximum absolute atomic E-state index is 12.7. The van der Waals surface area contributed by atoms with Gasteiger partial charge in [-0.05, 0) is 38.1 Å². The SMILES string of the molecule is CC(C)NC(=O)N1Cc2[nH]cnc2C[C@H]1c1nc(-c2ccc(OC(F)(F)F)cc2)no1. The fourth-order valence-electron chi connectivity index (χ4n) is 3.29. The minimum absolute atomic E-state index is 0.0630. The Morgan fingerprint density at radius 1 is 1.32 bits per heavy atom. The topological polar surface area (TPSA) is 109 Å². The molecule has 0 fully saturated rings. The Labute approximate surface area is 174 Å². The highest BCUT2D eigenvalue weighted by Crippen LogP contribution is 2.32. The van der Waals surface area contributed by atoms with Gasteiger partial charge >= 0.3 is 12.4 Å². The molecule has 1 aromatic carbocycles. The smallest absolute Gasteiger partial charge is 0.406 e. The summed E-state index contributed by atoms with van der Waals surface area (Å²) < 4.78 is 46.3. The first-order chi connectivity index (χ1) is 14.7. The van der Waals surface area contributed by atoms with Gasteiger partial charge in [0, 0.05) is 18.0 Å². The summed E-state index contributed by atoms with van der Waals surface area (Å²) in [6.07, 6.45) is -2.83. The van der Waals surface area contributed by atoms with E-state index in [4.69, 9.17) is 4.52 Å². The maximum atomic E-state index is 12.7. The highest BCUT2D eigenvalue weighted by Gasteiger charge is 2.36. The van der Waals surface area contributed by atoms with Gasteiger partial charge in [-0.15, -0.1) is 13.2 Å². The van der Waals surface area contributed by atoms with E-state index in [2.05, 4.69) is 30.2 Å². The van der Waals surface area contributed by atoms with Gasteiger partial charge in [0.1, 0.15) is 11.8 Å². The van der Waals surface area contributed by atoms with E-state index in [1.54, 1.807) is 11.2 Å². The predicted molar refractivity (Wildman–Crippen MR) is 101 cm³/mol. The number of halogens is 3. The molecule has 12 heteroatoms. The van der Waals surface area contributed by atoms with Gasteiger partial charge in [-0.3, -0.25) is 0 Å². The number of fused-ring (bicyclic) bond motifs is 1. The molecule has 0 aliphatic carbocycles. The maximum Gasteiger partial charge on any atom is 0.573 e. The number of aromatic nitrogens is 4. The Hall–Kier alpha value is -3.57. The van der Waals surface area contributed by atoms with Gasteiger partial charge in [-0.1, -0.05) is 5.16 Å². The van der Waals surface area contributed by atoms with E-state index in [1.165, 1.54) is 12.1 Å². The van der Waals surface area contributed by atoms with Crippen molar-refractivity contribution in [3.63, 3.8) is 0 Å². The van der Waals surface area contributed by atoms with Crippen molar-refractivity contribution in [3.05, 3.63) is 47.9 Å². The van der Waals surface area contributed by atoms with Crippen molar-refractivity contribution in [2.24, 2.45) is 0 Å². The molecular weight excluding hydrogens is 417 g/mol. The van der Waals surface area contributed by atoms with Gasteiger partial charge in [0.2, 0.25) is 11.7 Å². The number of hydrogen-bond donors (Lipinski definition) is 2. The second-order valence-corrected chi connectivity index (χ2v) is 7.31. The molecule has 0 bridgehead atoms. The summed E-state index contributed by atoms with van der Waals surface area (Å²) in [4.78, 5) is 26.0. The first kappa shape index (κ1) is 20.7. The number of carbonyl (C=O) groups is 1. The van der Waals surface area contributed by atoms with Crippen LogP contribution in [0.25, 0.3) is 11.4 Å². The average Bonchev–Trinajstić information content (AvgIpc) is 3.35. The molecule has 2 amide bonds. The van der Waals surface area contributed by atoms with E-state index in [1.807, 2.05) is 13.8 Å². The Morgan fingerprint density at radius 3 is 2.74 bits per heavy atom. The number of amides is 2. The summed E-state index contributed by atoms with van der Waals surface area (Å²) in [6.45, 7) is 4.00. The van der Waals surface area contributed by atoms with Gasteiger partial charge < -0.3 is 24.5 Å². The summed E-state index contributed by atoms with van der Waals surface area (Å²) in [5, 5.41) is 6.78. The fraction of sp³-hybridized carbons (Fsp3) is 0.368. The Morgan fingerprint density at radius 2 is 2.06 bits per heavy atom. The summed E-state index contributed by atoms with van der Waals surface area (Å²) in [7, 11) is 0. The molecule has 1 atom stereocenters. The van der Waals surface area contributed by atoms with Crippen molar-refractivity contribution in [2.75, 3.05) is 0 Å². The summed E-state index contributed by atoms with van der Waals surface area (Å²) in [5.41, 5.74) is 2.07. The molecule has 0 radical (unpaired) electrons. The fourth-order valence-corrected chi connectivity index (χ4v) is 3.29. The minimum Gasteiger partial charge on any atom is -0.406 e. The molecule has 0 spiro atoms. The number of rotatable bonds is 4. The summed E-state index contributed by atoms with van der Waals surface area (Å²) in [5.74, 6) is 0.0404. The van der Waals surface area contributed by atoms with Crippen LogP contribution in [0.5, 0.6) is 5.75 Å². The molecule has 9 nitrogen and oxygen atoms in total. The molecule has 0 unspecified atom stereocenters. The number of benzene rings is 1. The Balaban J connectivity index is 1.58. The van der Waals surface area contributed by atoms with Gasteiger partial charge in [0.15, 0.2) is 0 Å². The van der Waals surface area contributed by atoms with Gasteiger partial charge in [-0.2, -0.15) is 4.98 Å². The van der Waals surface area contributed by atoms with Crippen LogP contribution in [0.15, 0.2) is 35.1 Å². The molecule has 164 valence electrons. The first-order valence-electron chi connectivity index (χ1n) is 9.47. The molecule has 3 aromatic rings. The highest BCUT2D eigenvalue weighted by molar-refractivity contribution is 5.75. The zero-order valence-corrected chi connectivity index (χ0v) is 16.6. The molecule has 1 aliphatic rings.